The number of aromatic nitrogens is 1. The zero-order valence-electron chi connectivity index (χ0n) is 19.3. The lowest BCUT2D eigenvalue weighted by molar-refractivity contribution is -0.123. The van der Waals surface area contributed by atoms with Crippen LogP contribution in [0, 0.1) is 5.92 Å². The summed E-state index contributed by atoms with van der Waals surface area (Å²) in [5, 5.41) is 12.4. The molecule has 0 fully saturated rings. The number of ether oxygens (including phenoxy) is 2. The van der Waals surface area contributed by atoms with E-state index in [1.165, 1.54) is 4.90 Å². The number of aliphatic hydroxyl groups is 1. The van der Waals surface area contributed by atoms with E-state index in [-0.39, 0.29) is 48.4 Å². The zero-order chi connectivity index (χ0) is 23.6. The highest BCUT2D eigenvalue weighted by atomic mass is 16.5. The Bertz CT molecular complexity index is 934. The van der Waals surface area contributed by atoms with Gasteiger partial charge >= 0.3 is 0 Å². The average molecular weight is 456 g/mol. The van der Waals surface area contributed by atoms with Crippen LogP contribution >= 0.6 is 0 Å². The average Bonchev–Trinajstić information content (AvgIpc) is 2.81. The van der Waals surface area contributed by atoms with Gasteiger partial charge in [-0.2, -0.15) is 0 Å². The third kappa shape index (κ3) is 6.92. The summed E-state index contributed by atoms with van der Waals surface area (Å²) in [4.78, 5) is 32.0. The van der Waals surface area contributed by atoms with E-state index in [1.54, 1.807) is 24.4 Å². The highest BCUT2D eigenvalue weighted by molar-refractivity contribution is 5.98. The van der Waals surface area contributed by atoms with Crippen LogP contribution in [0.1, 0.15) is 49.9 Å². The van der Waals surface area contributed by atoms with Crippen LogP contribution in [-0.2, 0) is 4.79 Å². The highest BCUT2D eigenvalue weighted by Gasteiger charge is 2.25. The molecule has 1 aromatic heterocycles. The van der Waals surface area contributed by atoms with Crippen molar-refractivity contribution in [2.24, 2.45) is 5.92 Å². The largest absolute Gasteiger partial charge is 0.490 e. The van der Waals surface area contributed by atoms with Crippen molar-refractivity contribution in [3.05, 3.63) is 48.2 Å². The minimum Gasteiger partial charge on any atom is -0.490 e. The second kappa shape index (κ2) is 12.2. The number of amides is 2. The van der Waals surface area contributed by atoms with Crippen molar-refractivity contribution in [2.45, 2.75) is 45.6 Å². The quantitative estimate of drug-likeness (QED) is 0.717. The minimum atomic E-state index is -0.360. The van der Waals surface area contributed by atoms with Gasteiger partial charge < -0.3 is 24.8 Å². The molecule has 2 aromatic rings. The van der Waals surface area contributed by atoms with Crippen LogP contribution in [0.3, 0.4) is 0 Å². The summed E-state index contributed by atoms with van der Waals surface area (Å²) in [7, 11) is 0. The molecular formula is C25H33N3O5. The van der Waals surface area contributed by atoms with E-state index in [0.717, 1.165) is 25.7 Å². The van der Waals surface area contributed by atoms with Crippen molar-refractivity contribution in [3.8, 4) is 17.4 Å². The Kier molecular flexibility index (Phi) is 9.06. The molecule has 0 spiro atoms. The first-order valence-electron chi connectivity index (χ1n) is 11.5. The van der Waals surface area contributed by atoms with E-state index in [2.05, 4.69) is 10.3 Å². The van der Waals surface area contributed by atoms with Gasteiger partial charge in [-0.05, 0) is 43.0 Å². The Morgan fingerprint density at radius 3 is 2.64 bits per heavy atom. The lowest BCUT2D eigenvalue weighted by Crippen LogP contribution is -2.47. The van der Waals surface area contributed by atoms with Crippen LogP contribution in [-0.4, -0.2) is 59.1 Å². The summed E-state index contributed by atoms with van der Waals surface area (Å²) in [5.41, 5.74) is 0.278. The molecule has 8 nitrogen and oxygen atoms in total. The lowest BCUT2D eigenvalue weighted by atomic mass is 10.1. The minimum absolute atomic E-state index is 0.0780. The van der Waals surface area contributed by atoms with Gasteiger partial charge in [0.05, 0.1) is 25.8 Å². The normalized spacial score (nSPS) is 16.0. The fraction of sp³-hybridized carbons (Fsp3) is 0.480. The summed E-state index contributed by atoms with van der Waals surface area (Å²) < 4.78 is 11.9. The lowest BCUT2D eigenvalue weighted by Gasteiger charge is -2.26. The molecule has 1 aliphatic rings. The number of nitrogens with zero attached hydrogens (tertiary/aromatic N) is 2. The Labute approximate surface area is 194 Å². The molecule has 3 rings (SSSR count). The number of hydrogen-bond donors (Lipinski definition) is 2. The molecule has 33 heavy (non-hydrogen) atoms. The zero-order valence-corrected chi connectivity index (χ0v) is 19.3. The topological polar surface area (TPSA) is 101 Å². The molecule has 0 aliphatic carbocycles. The Morgan fingerprint density at radius 2 is 1.88 bits per heavy atom. The molecule has 8 heteroatoms. The number of carbonyl (C=O) groups excluding carboxylic acids is 2. The number of carbonyl (C=O) groups is 2. The third-order valence-electron chi connectivity index (χ3n) is 5.61. The van der Waals surface area contributed by atoms with E-state index in [0.29, 0.717) is 24.7 Å². The number of benzene rings is 1. The molecule has 0 saturated heterocycles. The molecule has 2 amide bonds. The summed E-state index contributed by atoms with van der Waals surface area (Å²) >= 11 is 0. The second-order valence-corrected chi connectivity index (χ2v) is 8.49. The van der Waals surface area contributed by atoms with E-state index in [1.807, 2.05) is 32.0 Å². The Morgan fingerprint density at radius 1 is 1.12 bits per heavy atom. The molecule has 1 aromatic carbocycles. The number of hydrogen-bond acceptors (Lipinski definition) is 6. The van der Waals surface area contributed by atoms with E-state index in [4.69, 9.17) is 9.47 Å². The fourth-order valence-electron chi connectivity index (χ4n) is 3.60. The standard InChI is InChI=1S/C25H33N3O5/c1-18(2)20(17-29)27-23(30)16-28-14-7-3-4-8-15-32-21-11-5-6-12-22(21)33-24-19(25(28)31)10-9-13-26-24/h5-6,9-13,18,20,29H,3-4,7-8,14-17H2,1-2H3,(H,27,30)/t20-/m1/s1. The predicted octanol–water partition coefficient (Wildman–Crippen LogP) is 3.40. The summed E-state index contributed by atoms with van der Waals surface area (Å²) in [6, 6.07) is 10.3. The van der Waals surface area contributed by atoms with Gasteiger partial charge in [0.25, 0.3) is 5.91 Å². The fourth-order valence-corrected chi connectivity index (χ4v) is 3.60. The molecule has 0 unspecified atom stereocenters. The van der Waals surface area contributed by atoms with Crippen LogP contribution in [0.25, 0.3) is 0 Å². The molecule has 2 heterocycles. The molecule has 0 bridgehead atoms. The van der Waals surface area contributed by atoms with Gasteiger partial charge in [-0.15, -0.1) is 0 Å². The van der Waals surface area contributed by atoms with Gasteiger partial charge in [0.1, 0.15) is 5.56 Å². The SMILES string of the molecule is CC(C)[C@@H](CO)NC(=O)CN1CCCCCCOc2ccccc2Oc2ncccc2C1=O. The number of fused-ring (bicyclic) bond motifs is 2. The second-order valence-electron chi connectivity index (χ2n) is 8.49. The van der Waals surface area contributed by atoms with Gasteiger partial charge in [0.15, 0.2) is 11.5 Å². The van der Waals surface area contributed by atoms with Crippen LogP contribution in [0.4, 0.5) is 0 Å². The van der Waals surface area contributed by atoms with Crippen molar-refractivity contribution in [3.63, 3.8) is 0 Å². The monoisotopic (exact) mass is 455 g/mol. The summed E-state index contributed by atoms with van der Waals surface area (Å²) in [6.07, 6.45) is 5.07. The van der Waals surface area contributed by atoms with Crippen molar-refractivity contribution in [1.29, 1.82) is 0 Å². The van der Waals surface area contributed by atoms with E-state index < -0.39 is 0 Å². The van der Waals surface area contributed by atoms with E-state index in [9.17, 15) is 14.7 Å². The number of para-hydroxylation sites is 2. The maximum Gasteiger partial charge on any atom is 0.259 e. The smallest absolute Gasteiger partial charge is 0.259 e. The van der Waals surface area contributed by atoms with Crippen molar-refractivity contribution >= 4 is 11.8 Å². The number of pyridine rings is 1. The predicted molar refractivity (Wildman–Crippen MR) is 124 cm³/mol. The van der Waals surface area contributed by atoms with Crippen LogP contribution in [0.15, 0.2) is 42.6 Å². The van der Waals surface area contributed by atoms with Gasteiger partial charge in [0.2, 0.25) is 11.8 Å². The molecule has 2 N–H and O–H groups in total. The molecular weight excluding hydrogens is 422 g/mol. The summed E-state index contributed by atoms with van der Waals surface area (Å²) in [6.45, 7) is 4.60. The molecule has 0 saturated carbocycles. The maximum atomic E-state index is 13.5. The highest BCUT2D eigenvalue weighted by Crippen LogP contribution is 2.32. The molecule has 1 atom stereocenters. The number of aliphatic hydroxyl groups excluding tert-OH is 1. The first kappa shape index (κ1) is 24.5. The molecule has 1 aliphatic heterocycles. The van der Waals surface area contributed by atoms with Gasteiger partial charge in [-0.3, -0.25) is 9.59 Å². The van der Waals surface area contributed by atoms with Gasteiger partial charge in [-0.1, -0.05) is 38.8 Å². The van der Waals surface area contributed by atoms with Crippen molar-refractivity contribution < 1.29 is 24.2 Å². The Balaban J connectivity index is 1.86. The Hall–Kier alpha value is -3.13. The molecule has 178 valence electrons. The van der Waals surface area contributed by atoms with Crippen LogP contribution in [0.5, 0.6) is 17.4 Å². The number of rotatable bonds is 5. The first-order chi connectivity index (χ1) is 16.0. The third-order valence-corrected chi connectivity index (χ3v) is 5.61. The molecule has 0 radical (unpaired) electrons. The van der Waals surface area contributed by atoms with Gasteiger partial charge in [0, 0.05) is 12.7 Å². The first-order valence-corrected chi connectivity index (χ1v) is 11.5. The van der Waals surface area contributed by atoms with Gasteiger partial charge in [-0.25, -0.2) is 4.98 Å². The number of nitrogens with one attached hydrogen (secondary N) is 1. The maximum absolute atomic E-state index is 13.5. The van der Waals surface area contributed by atoms with Crippen molar-refractivity contribution in [1.82, 2.24) is 15.2 Å². The summed E-state index contributed by atoms with van der Waals surface area (Å²) in [5.74, 6) is 0.690. The van der Waals surface area contributed by atoms with E-state index >= 15 is 0 Å². The van der Waals surface area contributed by atoms with Crippen LogP contribution < -0.4 is 14.8 Å². The van der Waals surface area contributed by atoms with Crippen molar-refractivity contribution in [2.75, 3.05) is 26.3 Å². The van der Waals surface area contributed by atoms with Crippen LogP contribution in [0.2, 0.25) is 0 Å².